The minimum Gasteiger partial charge on any atom is -0.311 e. The predicted molar refractivity (Wildman–Crippen MR) is 83.6 cm³/mol. The summed E-state index contributed by atoms with van der Waals surface area (Å²) in [5.74, 6) is 3.91. The van der Waals surface area contributed by atoms with Crippen LogP contribution in [0.4, 0.5) is 13.2 Å². The zero-order chi connectivity index (χ0) is 16.4. The van der Waals surface area contributed by atoms with Gasteiger partial charge in [-0.25, -0.2) is 0 Å². The second kappa shape index (κ2) is 6.54. The standard InChI is InChI=1S/C18H21F3N2/c1-2-14-12-23-8-7-15(14)9-17(23)11-22-10-13-3-5-16(6-4-13)18(19,20)21/h1,3-6,14-15,17,22H,7-12H2/t14-,15+,17-/m1/s1. The van der Waals surface area contributed by atoms with Crippen LogP contribution in [-0.4, -0.2) is 30.6 Å². The lowest BCUT2D eigenvalue weighted by Gasteiger charge is -2.48. The van der Waals surface area contributed by atoms with Gasteiger partial charge in [-0.2, -0.15) is 13.2 Å². The van der Waals surface area contributed by atoms with Gasteiger partial charge in [0.1, 0.15) is 0 Å². The Labute approximate surface area is 135 Å². The SMILES string of the molecule is C#C[C@@H]1CN2CC[C@H]1C[C@@H]2CNCc1ccc(C(F)(F)F)cc1. The first-order valence-electron chi connectivity index (χ1n) is 8.04. The van der Waals surface area contributed by atoms with Crippen molar-refractivity contribution in [2.24, 2.45) is 11.8 Å². The molecule has 2 bridgehead atoms. The first kappa shape index (κ1) is 16.4. The third kappa shape index (κ3) is 3.70. The number of hydrogen-bond donors (Lipinski definition) is 1. The van der Waals surface area contributed by atoms with Crippen molar-refractivity contribution < 1.29 is 13.2 Å². The molecule has 1 aromatic carbocycles. The van der Waals surface area contributed by atoms with Crippen LogP contribution in [0.2, 0.25) is 0 Å². The second-order valence-electron chi connectivity index (χ2n) is 6.53. The molecule has 0 radical (unpaired) electrons. The Morgan fingerprint density at radius 3 is 2.57 bits per heavy atom. The highest BCUT2D eigenvalue weighted by atomic mass is 19.4. The van der Waals surface area contributed by atoms with Crippen molar-refractivity contribution in [2.75, 3.05) is 19.6 Å². The average molecular weight is 322 g/mol. The summed E-state index contributed by atoms with van der Waals surface area (Å²) >= 11 is 0. The summed E-state index contributed by atoms with van der Waals surface area (Å²) < 4.78 is 37.6. The van der Waals surface area contributed by atoms with Crippen LogP contribution in [0.5, 0.6) is 0 Å². The fourth-order valence-corrected chi connectivity index (χ4v) is 3.73. The molecule has 0 amide bonds. The highest BCUT2D eigenvalue weighted by Gasteiger charge is 2.38. The molecule has 1 aromatic rings. The summed E-state index contributed by atoms with van der Waals surface area (Å²) in [6.07, 6.45) is 3.62. The van der Waals surface area contributed by atoms with E-state index in [-0.39, 0.29) is 0 Å². The molecule has 1 unspecified atom stereocenters. The topological polar surface area (TPSA) is 15.3 Å². The van der Waals surface area contributed by atoms with Crippen LogP contribution in [0.25, 0.3) is 0 Å². The number of piperidine rings is 3. The highest BCUT2D eigenvalue weighted by Crippen LogP contribution is 2.35. The Kier molecular flexibility index (Phi) is 4.65. The largest absolute Gasteiger partial charge is 0.416 e. The van der Waals surface area contributed by atoms with Crippen LogP contribution >= 0.6 is 0 Å². The van der Waals surface area contributed by atoms with E-state index in [9.17, 15) is 13.2 Å². The summed E-state index contributed by atoms with van der Waals surface area (Å²) in [5.41, 5.74) is 0.271. The molecule has 3 aliphatic heterocycles. The lowest BCUT2D eigenvalue weighted by molar-refractivity contribution is -0.137. The Bertz CT molecular complexity index is 573. The van der Waals surface area contributed by atoms with Crippen LogP contribution in [0.15, 0.2) is 24.3 Å². The van der Waals surface area contributed by atoms with Crippen molar-refractivity contribution in [2.45, 2.75) is 31.6 Å². The third-order valence-corrected chi connectivity index (χ3v) is 5.08. The number of hydrogen-bond acceptors (Lipinski definition) is 2. The van der Waals surface area contributed by atoms with Crippen molar-refractivity contribution in [1.29, 1.82) is 0 Å². The molecule has 2 nitrogen and oxygen atoms in total. The number of alkyl halides is 3. The van der Waals surface area contributed by atoms with Gasteiger partial charge in [0.2, 0.25) is 0 Å². The molecule has 3 saturated heterocycles. The van der Waals surface area contributed by atoms with E-state index in [1.807, 2.05) is 0 Å². The van der Waals surface area contributed by atoms with Crippen LogP contribution in [0.1, 0.15) is 24.0 Å². The Balaban J connectivity index is 1.48. The van der Waals surface area contributed by atoms with E-state index in [1.54, 1.807) is 0 Å². The van der Waals surface area contributed by atoms with Crippen molar-refractivity contribution in [1.82, 2.24) is 10.2 Å². The van der Waals surface area contributed by atoms with Gasteiger partial charge in [-0.15, -0.1) is 12.3 Å². The maximum atomic E-state index is 12.5. The quantitative estimate of drug-likeness (QED) is 0.857. The molecule has 23 heavy (non-hydrogen) atoms. The van der Waals surface area contributed by atoms with Gasteiger partial charge < -0.3 is 5.32 Å². The van der Waals surface area contributed by atoms with Gasteiger partial charge in [-0.3, -0.25) is 4.90 Å². The number of nitrogens with zero attached hydrogens (tertiary/aromatic N) is 1. The molecular weight excluding hydrogens is 301 g/mol. The number of fused-ring (bicyclic) bond motifs is 3. The molecule has 0 saturated carbocycles. The normalized spacial score (nSPS) is 30.2. The van der Waals surface area contributed by atoms with E-state index in [2.05, 4.69) is 16.1 Å². The summed E-state index contributed by atoms with van der Waals surface area (Å²) in [4.78, 5) is 2.45. The molecule has 5 heteroatoms. The summed E-state index contributed by atoms with van der Waals surface area (Å²) in [5, 5.41) is 3.37. The van der Waals surface area contributed by atoms with Crippen LogP contribution in [0, 0.1) is 24.2 Å². The van der Waals surface area contributed by atoms with Crippen molar-refractivity contribution in [3.63, 3.8) is 0 Å². The van der Waals surface area contributed by atoms with E-state index in [1.165, 1.54) is 18.6 Å². The first-order chi connectivity index (χ1) is 11.0. The fourth-order valence-electron chi connectivity index (χ4n) is 3.73. The van der Waals surface area contributed by atoms with E-state index in [4.69, 9.17) is 6.42 Å². The van der Waals surface area contributed by atoms with E-state index < -0.39 is 11.7 Å². The number of halogens is 3. The number of terminal acetylenes is 1. The van der Waals surface area contributed by atoms with Crippen molar-refractivity contribution >= 4 is 0 Å². The second-order valence-corrected chi connectivity index (χ2v) is 6.53. The first-order valence-corrected chi connectivity index (χ1v) is 8.04. The summed E-state index contributed by atoms with van der Waals surface area (Å²) in [7, 11) is 0. The van der Waals surface area contributed by atoms with Gasteiger partial charge in [-0.05, 0) is 43.0 Å². The van der Waals surface area contributed by atoms with Crippen molar-refractivity contribution in [3.8, 4) is 12.3 Å². The molecule has 1 N–H and O–H groups in total. The monoisotopic (exact) mass is 322 g/mol. The van der Waals surface area contributed by atoms with Gasteiger partial charge in [0.05, 0.1) is 5.56 Å². The lowest BCUT2D eigenvalue weighted by atomic mass is 9.76. The van der Waals surface area contributed by atoms with Crippen molar-refractivity contribution in [3.05, 3.63) is 35.4 Å². The van der Waals surface area contributed by atoms with Crippen LogP contribution in [0.3, 0.4) is 0 Å². The fraction of sp³-hybridized carbons (Fsp3) is 0.556. The Hall–Kier alpha value is -1.51. The van der Waals surface area contributed by atoms with Gasteiger partial charge in [-0.1, -0.05) is 12.1 Å². The van der Waals surface area contributed by atoms with Gasteiger partial charge in [0.15, 0.2) is 0 Å². The smallest absolute Gasteiger partial charge is 0.311 e. The molecule has 0 spiro atoms. The Morgan fingerprint density at radius 1 is 1.26 bits per heavy atom. The third-order valence-electron chi connectivity index (χ3n) is 5.08. The van der Waals surface area contributed by atoms with Gasteiger partial charge in [0, 0.05) is 31.6 Å². The molecule has 0 aliphatic carbocycles. The van der Waals surface area contributed by atoms with E-state index >= 15 is 0 Å². The molecule has 0 aromatic heterocycles. The molecule has 124 valence electrons. The Morgan fingerprint density at radius 2 is 2.00 bits per heavy atom. The number of benzene rings is 1. The van der Waals surface area contributed by atoms with E-state index in [0.717, 1.165) is 43.8 Å². The molecule has 3 aliphatic rings. The summed E-state index contributed by atoms with van der Waals surface area (Å²) in [6, 6.07) is 5.85. The predicted octanol–water partition coefficient (Wildman–Crippen LogP) is 3.14. The minimum atomic E-state index is -4.27. The zero-order valence-electron chi connectivity index (χ0n) is 12.9. The minimum absolute atomic E-state index is 0.384. The average Bonchev–Trinajstić information content (AvgIpc) is 2.55. The number of rotatable bonds is 4. The van der Waals surface area contributed by atoms with Crippen LogP contribution < -0.4 is 5.32 Å². The maximum absolute atomic E-state index is 12.5. The van der Waals surface area contributed by atoms with Gasteiger partial charge in [0.25, 0.3) is 0 Å². The number of nitrogens with one attached hydrogen (secondary N) is 1. The maximum Gasteiger partial charge on any atom is 0.416 e. The highest BCUT2D eigenvalue weighted by molar-refractivity contribution is 5.24. The molecule has 4 atom stereocenters. The van der Waals surface area contributed by atoms with Crippen LogP contribution in [-0.2, 0) is 12.7 Å². The molecule has 4 rings (SSSR count). The molecular formula is C18H21F3N2. The van der Waals surface area contributed by atoms with Gasteiger partial charge >= 0.3 is 6.18 Å². The zero-order valence-corrected chi connectivity index (χ0v) is 12.9. The van der Waals surface area contributed by atoms with E-state index in [0.29, 0.717) is 24.4 Å². The lowest BCUT2D eigenvalue weighted by Crippen LogP contribution is -2.55. The molecule has 3 fully saturated rings. The summed E-state index contributed by atoms with van der Waals surface area (Å²) in [6.45, 7) is 3.53. The molecule has 3 heterocycles.